The number of carbonyl (C=O) groups is 1. The van der Waals surface area contributed by atoms with Gasteiger partial charge in [-0.05, 0) is 47.4 Å². The average molecular weight is 445 g/mol. The molecule has 2 aromatic rings. The molecule has 3 rings (SSSR count). The number of hydrogen-bond donors (Lipinski definition) is 1. The minimum atomic E-state index is -2.99. The first-order chi connectivity index (χ1) is 15.2. The summed E-state index contributed by atoms with van der Waals surface area (Å²) < 4.78 is 49.4. The van der Waals surface area contributed by atoms with Gasteiger partial charge in [-0.2, -0.15) is 8.78 Å². The van der Waals surface area contributed by atoms with Crippen LogP contribution in [0.15, 0.2) is 41.4 Å². The van der Waals surface area contributed by atoms with Crippen LogP contribution in [0, 0.1) is 17.7 Å². The van der Waals surface area contributed by atoms with Crippen LogP contribution in [0.3, 0.4) is 0 Å². The number of amides is 1. The Balaban J connectivity index is 2.23. The first-order valence-electron chi connectivity index (χ1n) is 9.74. The third kappa shape index (κ3) is 4.14. The number of nitrogens with zero attached hydrogens (tertiary/aromatic N) is 2. The second-order valence-corrected chi connectivity index (χ2v) is 7.03. The SMILES string of the molecule is CCc1cc([C@]2(c3ccc(F)c(C#CCOC)c3)N=C(N)N(C)C2=O)ccc1OC(F)F. The van der Waals surface area contributed by atoms with E-state index in [2.05, 4.69) is 21.6 Å². The van der Waals surface area contributed by atoms with Gasteiger partial charge in [-0.15, -0.1) is 0 Å². The number of ether oxygens (including phenoxy) is 2. The second kappa shape index (κ2) is 9.32. The second-order valence-electron chi connectivity index (χ2n) is 7.03. The lowest BCUT2D eigenvalue weighted by atomic mass is 9.81. The van der Waals surface area contributed by atoms with Crippen molar-refractivity contribution in [1.82, 2.24) is 4.90 Å². The van der Waals surface area contributed by atoms with E-state index < -0.39 is 23.9 Å². The zero-order chi connectivity index (χ0) is 23.5. The van der Waals surface area contributed by atoms with E-state index in [1.807, 2.05) is 0 Å². The fourth-order valence-electron chi connectivity index (χ4n) is 3.53. The summed E-state index contributed by atoms with van der Waals surface area (Å²) in [6, 6.07) is 8.47. The zero-order valence-corrected chi connectivity index (χ0v) is 17.8. The number of halogens is 3. The fraction of sp³-hybridized carbons (Fsp3) is 0.304. The molecular formula is C23H22F3N3O3. The largest absolute Gasteiger partial charge is 0.435 e. The number of aryl methyl sites for hydroxylation is 1. The lowest BCUT2D eigenvalue weighted by molar-refractivity contribution is -0.129. The number of methoxy groups -OCH3 is 1. The van der Waals surface area contributed by atoms with Crippen molar-refractivity contribution in [3.8, 4) is 17.6 Å². The van der Waals surface area contributed by atoms with Crippen molar-refractivity contribution in [2.75, 3.05) is 20.8 Å². The maximum absolute atomic E-state index is 14.4. The van der Waals surface area contributed by atoms with E-state index in [9.17, 15) is 18.0 Å². The lowest BCUT2D eigenvalue weighted by Crippen LogP contribution is -2.41. The smallest absolute Gasteiger partial charge is 0.387 e. The predicted molar refractivity (Wildman–Crippen MR) is 113 cm³/mol. The molecule has 1 atom stereocenters. The highest BCUT2D eigenvalue weighted by molar-refractivity contribution is 6.09. The third-order valence-corrected chi connectivity index (χ3v) is 5.14. The molecule has 0 radical (unpaired) electrons. The van der Waals surface area contributed by atoms with Gasteiger partial charge in [0.1, 0.15) is 18.2 Å². The highest BCUT2D eigenvalue weighted by Crippen LogP contribution is 2.41. The molecule has 0 saturated heterocycles. The molecule has 0 aromatic heterocycles. The Morgan fingerprint density at radius 1 is 1.22 bits per heavy atom. The van der Waals surface area contributed by atoms with Crippen LogP contribution in [0.5, 0.6) is 5.75 Å². The van der Waals surface area contributed by atoms with Crippen LogP contribution in [0.25, 0.3) is 0 Å². The molecule has 1 aliphatic heterocycles. The van der Waals surface area contributed by atoms with Gasteiger partial charge in [-0.3, -0.25) is 9.69 Å². The van der Waals surface area contributed by atoms with Crippen molar-refractivity contribution in [1.29, 1.82) is 0 Å². The normalized spacial score (nSPS) is 17.9. The monoisotopic (exact) mass is 445 g/mol. The molecule has 0 fully saturated rings. The Bertz CT molecular complexity index is 1120. The fourth-order valence-corrected chi connectivity index (χ4v) is 3.53. The lowest BCUT2D eigenvalue weighted by Gasteiger charge is -2.27. The van der Waals surface area contributed by atoms with E-state index >= 15 is 0 Å². The Morgan fingerprint density at radius 3 is 2.50 bits per heavy atom. The highest BCUT2D eigenvalue weighted by Gasteiger charge is 2.50. The molecule has 0 bridgehead atoms. The van der Waals surface area contributed by atoms with E-state index in [1.54, 1.807) is 13.0 Å². The predicted octanol–water partition coefficient (Wildman–Crippen LogP) is 3.02. The topological polar surface area (TPSA) is 77.2 Å². The summed E-state index contributed by atoms with van der Waals surface area (Å²) in [6.45, 7) is -1.11. The minimum Gasteiger partial charge on any atom is -0.435 e. The molecular weight excluding hydrogens is 423 g/mol. The van der Waals surface area contributed by atoms with Gasteiger partial charge in [-0.1, -0.05) is 30.9 Å². The van der Waals surface area contributed by atoms with Gasteiger partial charge in [0.15, 0.2) is 11.5 Å². The van der Waals surface area contributed by atoms with Gasteiger partial charge in [0.05, 0.1) is 5.56 Å². The molecule has 1 amide bonds. The number of likely N-dealkylation sites (N-methyl/N-ethyl adjacent to an activating group) is 1. The molecule has 2 N–H and O–H groups in total. The van der Waals surface area contributed by atoms with Crippen LogP contribution < -0.4 is 10.5 Å². The summed E-state index contributed by atoms with van der Waals surface area (Å²) in [4.78, 5) is 19.0. The number of rotatable bonds is 6. The van der Waals surface area contributed by atoms with Gasteiger partial charge < -0.3 is 15.2 Å². The van der Waals surface area contributed by atoms with Crippen LogP contribution in [-0.2, 0) is 21.5 Å². The van der Waals surface area contributed by atoms with Crippen molar-refractivity contribution in [2.24, 2.45) is 10.7 Å². The van der Waals surface area contributed by atoms with Gasteiger partial charge in [0.25, 0.3) is 5.91 Å². The highest BCUT2D eigenvalue weighted by atomic mass is 19.3. The van der Waals surface area contributed by atoms with Gasteiger partial charge >= 0.3 is 6.61 Å². The number of benzene rings is 2. The maximum atomic E-state index is 14.4. The number of aliphatic imine (C=N–C) groups is 1. The van der Waals surface area contributed by atoms with Crippen molar-refractivity contribution in [3.63, 3.8) is 0 Å². The molecule has 1 heterocycles. The Morgan fingerprint density at radius 2 is 1.91 bits per heavy atom. The third-order valence-electron chi connectivity index (χ3n) is 5.14. The van der Waals surface area contributed by atoms with Crippen LogP contribution >= 0.6 is 0 Å². The summed E-state index contributed by atoms with van der Waals surface area (Å²) in [5.74, 6) is 4.29. The standard InChI is InChI=1S/C23H22F3N3O3/c1-4-14-12-17(8-10-19(14)32-21(25)26)23(20(30)29(2)22(27)28-23)16-7-9-18(24)15(13-16)6-5-11-31-3/h7-10,12-13,21H,4,11H2,1-3H3,(H2,27,28)/t23-/m0/s1. The number of alkyl halides is 2. The quantitative estimate of drug-likeness (QED) is 0.694. The number of carbonyl (C=O) groups excluding carboxylic acids is 1. The van der Waals surface area contributed by atoms with Crippen molar-refractivity contribution < 1.29 is 27.4 Å². The molecule has 0 saturated carbocycles. The minimum absolute atomic E-state index is 0.00220. The van der Waals surface area contributed by atoms with Crippen molar-refractivity contribution >= 4 is 11.9 Å². The molecule has 2 aromatic carbocycles. The van der Waals surface area contributed by atoms with E-state index in [4.69, 9.17) is 10.5 Å². The molecule has 0 unspecified atom stereocenters. The first kappa shape index (κ1) is 23.2. The van der Waals surface area contributed by atoms with E-state index in [0.29, 0.717) is 23.1 Å². The number of nitrogens with two attached hydrogens (primary N) is 1. The van der Waals surface area contributed by atoms with Crippen LogP contribution in [0.2, 0.25) is 0 Å². The van der Waals surface area contributed by atoms with Crippen LogP contribution in [-0.4, -0.2) is 44.1 Å². The molecule has 0 spiro atoms. The summed E-state index contributed by atoms with van der Waals surface area (Å²) in [5.41, 5.74) is 5.57. The summed E-state index contributed by atoms with van der Waals surface area (Å²) in [7, 11) is 2.94. The van der Waals surface area contributed by atoms with Crippen LogP contribution in [0.1, 0.15) is 29.2 Å². The van der Waals surface area contributed by atoms with E-state index in [0.717, 1.165) is 0 Å². The van der Waals surface area contributed by atoms with Crippen LogP contribution in [0.4, 0.5) is 13.2 Å². The maximum Gasteiger partial charge on any atom is 0.387 e. The molecule has 9 heteroatoms. The molecule has 168 valence electrons. The summed E-state index contributed by atoms with van der Waals surface area (Å²) >= 11 is 0. The van der Waals surface area contributed by atoms with Gasteiger partial charge in [-0.25, -0.2) is 9.38 Å². The molecule has 1 aliphatic rings. The number of guanidine groups is 1. The Hall–Kier alpha value is -3.51. The average Bonchev–Trinajstić information content (AvgIpc) is 3.00. The Kier molecular flexibility index (Phi) is 6.75. The molecule has 0 aliphatic carbocycles. The van der Waals surface area contributed by atoms with E-state index in [1.165, 1.54) is 49.4 Å². The van der Waals surface area contributed by atoms with E-state index in [-0.39, 0.29) is 23.9 Å². The summed E-state index contributed by atoms with van der Waals surface area (Å²) in [5, 5.41) is 0. The van der Waals surface area contributed by atoms with Crippen molar-refractivity contribution in [3.05, 3.63) is 64.5 Å². The first-order valence-corrected chi connectivity index (χ1v) is 9.74. The molecule has 6 nitrogen and oxygen atoms in total. The summed E-state index contributed by atoms with van der Waals surface area (Å²) in [6.07, 6.45) is 0.367. The Labute approximate surface area is 183 Å². The number of hydrogen-bond acceptors (Lipinski definition) is 5. The van der Waals surface area contributed by atoms with Crippen molar-refractivity contribution in [2.45, 2.75) is 25.5 Å². The zero-order valence-electron chi connectivity index (χ0n) is 17.8. The van der Waals surface area contributed by atoms with Gasteiger partial charge in [0.2, 0.25) is 0 Å². The molecule has 32 heavy (non-hydrogen) atoms. The van der Waals surface area contributed by atoms with Gasteiger partial charge in [0, 0.05) is 14.2 Å².